The number of carboxylic acids is 1. The minimum absolute atomic E-state index is 0.151. The first kappa shape index (κ1) is 14.4. The minimum atomic E-state index is -0.872. The van der Waals surface area contributed by atoms with Gasteiger partial charge in [-0.15, -0.1) is 0 Å². The quantitative estimate of drug-likeness (QED) is 0.828. The van der Waals surface area contributed by atoms with Crippen LogP contribution >= 0.6 is 0 Å². The molecule has 5 heteroatoms. The monoisotopic (exact) mass is 277 g/mol. The second-order valence-corrected chi connectivity index (χ2v) is 4.99. The molecule has 2 atom stereocenters. The van der Waals surface area contributed by atoms with Gasteiger partial charge in [0, 0.05) is 13.0 Å². The predicted molar refractivity (Wildman–Crippen MR) is 73.6 cm³/mol. The van der Waals surface area contributed by atoms with Crippen molar-refractivity contribution in [3.8, 4) is 5.75 Å². The first-order valence-corrected chi connectivity index (χ1v) is 6.87. The van der Waals surface area contributed by atoms with Gasteiger partial charge in [-0.25, -0.2) is 0 Å². The molecule has 20 heavy (non-hydrogen) atoms. The summed E-state index contributed by atoms with van der Waals surface area (Å²) in [5, 5.41) is 11.7. The third kappa shape index (κ3) is 3.29. The largest absolute Gasteiger partial charge is 0.481 e. The fourth-order valence-corrected chi connectivity index (χ4v) is 2.33. The van der Waals surface area contributed by atoms with Crippen molar-refractivity contribution in [2.45, 2.75) is 32.3 Å². The highest BCUT2D eigenvalue weighted by Crippen LogP contribution is 2.28. The maximum atomic E-state index is 12.0. The van der Waals surface area contributed by atoms with Gasteiger partial charge in [0.05, 0.1) is 5.92 Å². The average Bonchev–Trinajstić information content (AvgIpc) is 2.86. The van der Waals surface area contributed by atoms with E-state index in [1.807, 2.05) is 31.2 Å². The molecule has 0 fully saturated rings. The zero-order valence-electron chi connectivity index (χ0n) is 11.5. The van der Waals surface area contributed by atoms with E-state index in [0.29, 0.717) is 12.8 Å². The molecule has 1 aliphatic rings. The van der Waals surface area contributed by atoms with Crippen LogP contribution in [0.3, 0.4) is 0 Å². The molecule has 1 aromatic rings. The van der Waals surface area contributed by atoms with Gasteiger partial charge in [0.25, 0.3) is 5.91 Å². The predicted octanol–water partition coefficient (Wildman–Crippen LogP) is 1.61. The second-order valence-electron chi connectivity index (χ2n) is 4.99. The number of hydrogen-bond acceptors (Lipinski definition) is 3. The van der Waals surface area contributed by atoms with Gasteiger partial charge in [-0.05, 0) is 18.1 Å². The Kier molecular flexibility index (Phi) is 4.61. The summed E-state index contributed by atoms with van der Waals surface area (Å²) >= 11 is 0. The van der Waals surface area contributed by atoms with Gasteiger partial charge >= 0.3 is 5.97 Å². The number of aliphatic carboxylic acids is 1. The zero-order valence-corrected chi connectivity index (χ0v) is 11.5. The molecule has 0 bridgehead atoms. The van der Waals surface area contributed by atoms with Crippen LogP contribution in [-0.2, 0) is 16.0 Å². The van der Waals surface area contributed by atoms with Crippen molar-refractivity contribution >= 4 is 11.9 Å². The number of para-hydroxylation sites is 1. The van der Waals surface area contributed by atoms with Gasteiger partial charge in [-0.2, -0.15) is 0 Å². The molecule has 2 rings (SSSR count). The van der Waals surface area contributed by atoms with E-state index in [1.54, 1.807) is 0 Å². The van der Waals surface area contributed by atoms with Crippen molar-refractivity contribution in [1.29, 1.82) is 0 Å². The number of rotatable bonds is 6. The number of carbonyl (C=O) groups excluding carboxylic acids is 1. The van der Waals surface area contributed by atoms with Crippen molar-refractivity contribution in [2.75, 3.05) is 6.54 Å². The third-order valence-corrected chi connectivity index (χ3v) is 3.45. The maximum Gasteiger partial charge on any atom is 0.308 e. The van der Waals surface area contributed by atoms with E-state index in [9.17, 15) is 9.59 Å². The summed E-state index contributed by atoms with van der Waals surface area (Å²) in [5.74, 6) is -0.921. The van der Waals surface area contributed by atoms with Gasteiger partial charge in [-0.1, -0.05) is 31.5 Å². The van der Waals surface area contributed by atoms with Crippen LogP contribution in [0.4, 0.5) is 0 Å². The number of fused-ring (bicyclic) bond motifs is 1. The van der Waals surface area contributed by atoms with E-state index in [-0.39, 0.29) is 12.5 Å². The van der Waals surface area contributed by atoms with E-state index >= 15 is 0 Å². The summed E-state index contributed by atoms with van der Waals surface area (Å²) < 4.78 is 5.56. The normalized spacial score (nSPS) is 17.9. The molecule has 0 aromatic heterocycles. The number of nitrogens with one attached hydrogen (secondary N) is 1. The number of amides is 1. The van der Waals surface area contributed by atoms with Crippen molar-refractivity contribution in [3.63, 3.8) is 0 Å². The van der Waals surface area contributed by atoms with E-state index in [1.165, 1.54) is 0 Å². The number of carbonyl (C=O) groups is 2. The lowest BCUT2D eigenvalue weighted by atomic mass is 10.0. The Labute approximate surface area is 117 Å². The van der Waals surface area contributed by atoms with Crippen LogP contribution in [0.15, 0.2) is 24.3 Å². The summed E-state index contributed by atoms with van der Waals surface area (Å²) in [6.07, 6.45) is 1.32. The van der Waals surface area contributed by atoms with Gasteiger partial charge < -0.3 is 15.2 Å². The molecule has 0 aliphatic carbocycles. The fraction of sp³-hybridized carbons (Fsp3) is 0.467. The standard InChI is InChI=1S/C15H19NO4/c1-2-5-11(15(18)19)9-16-14(17)13-8-10-6-3-4-7-12(10)20-13/h3-4,6-7,11,13H,2,5,8-9H2,1H3,(H,16,17)(H,18,19). The highest BCUT2D eigenvalue weighted by Gasteiger charge is 2.29. The number of hydrogen-bond donors (Lipinski definition) is 2. The number of carboxylic acid groups (broad SMARTS) is 1. The Bertz CT molecular complexity index is 475. The van der Waals surface area contributed by atoms with Gasteiger partial charge in [0.15, 0.2) is 6.10 Å². The first-order valence-electron chi connectivity index (χ1n) is 6.87. The molecule has 2 N–H and O–H groups in total. The molecule has 1 heterocycles. The summed E-state index contributed by atoms with van der Waals surface area (Å²) in [6, 6.07) is 7.53. The fourth-order valence-electron chi connectivity index (χ4n) is 2.33. The Morgan fingerprint density at radius 2 is 2.20 bits per heavy atom. The van der Waals surface area contributed by atoms with Crippen molar-refractivity contribution in [2.24, 2.45) is 5.92 Å². The van der Waals surface area contributed by atoms with Crippen LogP contribution in [0.5, 0.6) is 5.75 Å². The molecule has 0 saturated carbocycles. The maximum absolute atomic E-state index is 12.0. The van der Waals surface area contributed by atoms with E-state index in [0.717, 1.165) is 17.7 Å². The van der Waals surface area contributed by atoms with Gasteiger partial charge in [0.1, 0.15) is 5.75 Å². The van der Waals surface area contributed by atoms with Crippen LogP contribution in [0.25, 0.3) is 0 Å². The summed E-state index contributed by atoms with van der Waals surface area (Å²) in [5.41, 5.74) is 1.01. The van der Waals surface area contributed by atoms with Crippen LogP contribution < -0.4 is 10.1 Å². The lowest BCUT2D eigenvalue weighted by Gasteiger charge is -2.15. The Hall–Kier alpha value is -2.04. The number of ether oxygens (including phenoxy) is 1. The molecule has 0 radical (unpaired) electrons. The Morgan fingerprint density at radius 1 is 1.45 bits per heavy atom. The molecule has 1 amide bonds. The van der Waals surface area contributed by atoms with E-state index < -0.39 is 18.0 Å². The van der Waals surface area contributed by atoms with Crippen molar-refractivity contribution < 1.29 is 19.4 Å². The van der Waals surface area contributed by atoms with E-state index in [4.69, 9.17) is 9.84 Å². The highest BCUT2D eigenvalue weighted by molar-refractivity contribution is 5.83. The first-order chi connectivity index (χ1) is 9.61. The number of benzene rings is 1. The molecule has 1 aliphatic heterocycles. The summed E-state index contributed by atoms with van der Waals surface area (Å²) in [4.78, 5) is 23.0. The smallest absolute Gasteiger partial charge is 0.308 e. The molecule has 108 valence electrons. The molecule has 5 nitrogen and oxygen atoms in total. The summed E-state index contributed by atoms with van der Waals surface area (Å²) in [6.45, 7) is 2.08. The topological polar surface area (TPSA) is 75.6 Å². The molecule has 0 saturated heterocycles. The second kappa shape index (κ2) is 6.41. The molecule has 2 unspecified atom stereocenters. The lowest BCUT2D eigenvalue weighted by molar-refractivity contribution is -0.142. The Morgan fingerprint density at radius 3 is 2.85 bits per heavy atom. The molecule has 1 aromatic carbocycles. The summed E-state index contributed by atoms with van der Waals surface area (Å²) in [7, 11) is 0. The molecule has 0 spiro atoms. The zero-order chi connectivity index (χ0) is 14.5. The average molecular weight is 277 g/mol. The van der Waals surface area contributed by atoms with Crippen LogP contribution in [0, 0.1) is 5.92 Å². The third-order valence-electron chi connectivity index (χ3n) is 3.45. The van der Waals surface area contributed by atoms with Crippen molar-refractivity contribution in [1.82, 2.24) is 5.32 Å². The van der Waals surface area contributed by atoms with Crippen LogP contribution in [-0.4, -0.2) is 29.6 Å². The van der Waals surface area contributed by atoms with E-state index in [2.05, 4.69) is 5.32 Å². The van der Waals surface area contributed by atoms with Gasteiger partial charge in [0.2, 0.25) is 0 Å². The minimum Gasteiger partial charge on any atom is -0.481 e. The molecular formula is C15H19NO4. The SMILES string of the molecule is CCCC(CNC(=O)C1Cc2ccccc2O1)C(=O)O. The van der Waals surface area contributed by atoms with Crippen molar-refractivity contribution in [3.05, 3.63) is 29.8 Å². The molecular weight excluding hydrogens is 258 g/mol. The van der Waals surface area contributed by atoms with Crippen LogP contribution in [0.1, 0.15) is 25.3 Å². The highest BCUT2D eigenvalue weighted by atomic mass is 16.5. The Balaban J connectivity index is 1.86. The van der Waals surface area contributed by atoms with Crippen LogP contribution in [0.2, 0.25) is 0 Å². The van der Waals surface area contributed by atoms with Gasteiger partial charge in [-0.3, -0.25) is 9.59 Å². The lowest BCUT2D eigenvalue weighted by Crippen LogP contribution is -2.41.